The third kappa shape index (κ3) is 4.39. The molecular formula is C24H27N7O2. The van der Waals surface area contributed by atoms with E-state index >= 15 is 0 Å². The van der Waals surface area contributed by atoms with Gasteiger partial charge in [0.2, 0.25) is 11.8 Å². The van der Waals surface area contributed by atoms with E-state index in [4.69, 9.17) is 20.4 Å². The number of nitrogens with one attached hydrogen (secondary N) is 1. The maximum atomic E-state index is 12.4. The smallest absolute Gasteiger partial charge is 0.223 e. The molecule has 2 aliphatic heterocycles. The zero-order valence-electron chi connectivity index (χ0n) is 18.8. The van der Waals surface area contributed by atoms with Crippen LogP contribution in [0.15, 0.2) is 53.4 Å². The van der Waals surface area contributed by atoms with Crippen molar-refractivity contribution >= 4 is 28.6 Å². The van der Waals surface area contributed by atoms with Crippen LogP contribution in [0.5, 0.6) is 5.88 Å². The number of hydrogen-bond acceptors (Lipinski definition) is 7. The van der Waals surface area contributed by atoms with Gasteiger partial charge in [0.25, 0.3) is 0 Å². The standard InChI is InChI=1S/C24H27N7O2/c1-15(25)9-16(2)28-19-11-17-10-18(12-19)26-6-8-30-20(3-4-23(30)32)14-33-22-5-7-31-24(29-22)21(17)13-27-31/h5,7,9-13,20,26H,3-4,6,8,14,25H2,1-2H3. The van der Waals surface area contributed by atoms with Crippen molar-refractivity contribution in [2.45, 2.75) is 32.7 Å². The van der Waals surface area contributed by atoms with Crippen molar-refractivity contribution in [1.82, 2.24) is 19.5 Å². The molecule has 1 saturated heterocycles. The molecule has 2 aromatic heterocycles. The second kappa shape index (κ2) is 8.57. The summed E-state index contributed by atoms with van der Waals surface area (Å²) in [6.07, 6.45) is 6.82. The van der Waals surface area contributed by atoms with Crippen LogP contribution in [0, 0.1) is 0 Å². The Morgan fingerprint density at radius 3 is 3.06 bits per heavy atom. The van der Waals surface area contributed by atoms with Crippen LogP contribution in [0.2, 0.25) is 0 Å². The summed E-state index contributed by atoms with van der Waals surface area (Å²) >= 11 is 0. The molecule has 33 heavy (non-hydrogen) atoms. The number of ether oxygens (including phenoxy) is 1. The van der Waals surface area contributed by atoms with Gasteiger partial charge in [0.1, 0.15) is 6.61 Å². The zero-order valence-corrected chi connectivity index (χ0v) is 18.8. The molecule has 0 saturated carbocycles. The van der Waals surface area contributed by atoms with Crippen LogP contribution in [0.3, 0.4) is 0 Å². The number of aromatic nitrogens is 3. The van der Waals surface area contributed by atoms with Gasteiger partial charge in [-0.3, -0.25) is 9.79 Å². The minimum Gasteiger partial charge on any atom is -0.475 e. The van der Waals surface area contributed by atoms with E-state index < -0.39 is 0 Å². The highest BCUT2D eigenvalue weighted by atomic mass is 16.5. The predicted octanol–water partition coefficient (Wildman–Crippen LogP) is 3.15. The second-order valence-corrected chi connectivity index (χ2v) is 8.52. The average molecular weight is 446 g/mol. The van der Waals surface area contributed by atoms with E-state index in [0.717, 1.165) is 34.6 Å². The van der Waals surface area contributed by atoms with Crippen LogP contribution in [0.4, 0.5) is 11.4 Å². The average Bonchev–Trinajstić information content (AvgIpc) is 3.34. The molecule has 1 atom stereocenters. The number of carbonyl (C=O) groups excluding carboxylic acids is 1. The third-order valence-corrected chi connectivity index (χ3v) is 5.87. The Morgan fingerprint density at radius 1 is 1.33 bits per heavy atom. The molecule has 1 unspecified atom stereocenters. The molecule has 170 valence electrons. The largest absolute Gasteiger partial charge is 0.475 e. The lowest BCUT2D eigenvalue weighted by atomic mass is 10.1. The van der Waals surface area contributed by atoms with Gasteiger partial charge in [-0.2, -0.15) is 10.1 Å². The van der Waals surface area contributed by atoms with Crippen molar-refractivity contribution in [3.63, 3.8) is 0 Å². The summed E-state index contributed by atoms with van der Waals surface area (Å²) < 4.78 is 7.74. The summed E-state index contributed by atoms with van der Waals surface area (Å²) in [5.74, 6) is 0.685. The Balaban J connectivity index is 1.61. The molecule has 0 radical (unpaired) electrons. The molecule has 1 fully saturated rings. The summed E-state index contributed by atoms with van der Waals surface area (Å²) in [6, 6.07) is 7.90. The fourth-order valence-electron chi connectivity index (χ4n) is 4.41. The first kappa shape index (κ1) is 21.0. The SMILES string of the molecule is CC(N)=CC(C)=Nc1cc2cc(c1)-c1cnn3ccc(nc13)OCC1CCC(=O)N1CCN2. The Morgan fingerprint density at radius 2 is 2.21 bits per heavy atom. The van der Waals surface area contributed by atoms with Gasteiger partial charge in [-0.1, -0.05) is 0 Å². The predicted molar refractivity (Wildman–Crippen MR) is 128 cm³/mol. The normalized spacial score (nSPS) is 19.3. The van der Waals surface area contributed by atoms with Crippen molar-refractivity contribution in [2.75, 3.05) is 25.0 Å². The van der Waals surface area contributed by atoms with Gasteiger partial charge in [-0.05, 0) is 50.1 Å². The van der Waals surface area contributed by atoms with Crippen LogP contribution >= 0.6 is 0 Å². The number of anilines is 1. The van der Waals surface area contributed by atoms with Gasteiger partial charge in [-0.15, -0.1) is 0 Å². The zero-order chi connectivity index (χ0) is 22.9. The fraction of sp³-hybridized carbons (Fsp3) is 0.333. The molecule has 9 nitrogen and oxygen atoms in total. The van der Waals surface area contributed by atoms with Gasteiger partial charge in [0.15, 0.2) is 5.65 Å². The topological polar surface area (TPSA) is 110 Å². The number of carbonyl (C=O) groups is 1. The Labute approximate surface area is 192 Å². The van der Waals surface area contributed by atoms with Gasteiger partial charge in [0, 0.05) is 54.4 Å². The lowest BCUT2D eigenvalue weighted by molar-refractivity contribution is -0.129. The number of nitrogens with two attached hydrogens (primary N) is 1. The number of rotatable bonds is 2. The molecule has 0 spiro atoms. The van der Waals surface area contributed by atoms with Crippen LogP contribution in [0.1, 0.15) is 26.7 Å². The highest BCUT2D eigenvalue weighted by Gasteiger charge is 2.31. The molecule has 0 aliphatic carbocycles. The number of benzene rings is 1. The van der Waals surface area contributed by atoms with E-state index in [-0.39, 0.29) is 11.9 Å². The van der Waals surface area contributed by atoms with Crippen LogP contribution in [-0.4, -0.2) is 56.9 Å². The van der Waals surface area contributed by atoms with E-state index in [0.29, 0.717) is 43.3 Å². The number of allylic oxidation sites excluding steroid dienone is 2. The second-order valence-electron chi connectivity index (χ2n) is 8.52. The summed E-state index contributed by atoms with van der Waals surface area (Å²) in [5.41, 5.74) is 11.6. The van der Waals surface area contributed by atoms with Crippen molar-refractivity contribution in [3.05, 3.63) is 48.4 Å². The van der Waals surface area contributed by atoms with Gasteiger partial charge in [-0.25, -0.2) is 4.52 Å². The maximum absolute atomic E-state index is 12.4. The highest BCUT2D eigenvalue weighted by molar-refractivity contribution is 5.95. The van der Waals surface area contributed by atoms with Crippen molar-refractivity contribution in [3.8, 4) is 17.0 Å². The summed E-state index contributed by atoms with van der Waals surface area (Å²) in [5, 5.41) is 7.93. The lowest BCUT2D eigenvalue weighted by Crippen LogP contribution is -2.40. The quantitative estimate of drug-likeness (QED) is 0.587. The number of amides is 1. The summed E-state index contributed by atoms with van der Waals surface area (Å²) in [6.45, 7) is 5.42. The van der Waals surface area contributed by atoms with Crippen LogP contribution in [0.25, 0.3) is 16.8 Å². The minimum atomic E-state index is 0.0464. The van der Waals surface area contributed by atoms with E-state index in [9.17, 15) is 4.79 Å². The molecule has 1 aromatic carbocycles. The third-order valence-electron chi connectivity index (χ3n) is 5.87. The van der Waals surface area contributed by atoms with Crippen molar-refractivity contribution < 1.29 is 9.53 Å². The number of hydrogen-bond donors (Lipinski definition) is 2. The Kier molecular flexibility index (Phi) is 5.45. The summed E-state index contributed by atoms with van der Waals surface area (Å²) in [7, 11) is 0. The van der Waals surface area contributed by atoms with Gasteiger partial charge < -0.3 is 20.7 Å². The molecular weight excluding hydrogens is 418 g/mol. The van der Waals surface area contributed by atoms with Crippen LogP contribution < -0.4 is 15.8 Å². The monoisotopic (exact) mass is 445 g/mol. The molecule has 3 aromatic rings. The van der Waals surface area contributed by atoms with E-state index in [1.807, 2.05) is 43.2 Å². The summed E-state index contributed by atoms with van der Waals surface area (Å²) in [4.78, 5) is 23.8. The molecule has 1 amide bonds. The van der Waals surface area contributed by atoms with Crippen molar-refractivity contribution in [1.29, 1.82) is 0 Å². The van der Waals surface area contributed by atoms with Crippen LogP contribution in [-0.2, 0) is 4.79 Å². The molecule has 3 N–H and O–H groups in total. The minimum absolute atomic E-state index is 0.0464. The first-order valence-corrected chi connectivity index (χ1v) is 11.1. The van der Waals surface area contributed by atoms with Crippen molar-refractivity contribution in [2.24, 2.45) is 10.7 Å². The van der Waals surface area contributed by atoms with E-state index in [1.165, 1.54) is 0 Å². The molecule has 4 bridgehead atoms. The Hall–Kier alpha value is -3.88. The van der Waals surface area contributed by atoms with Gasteiger partial charge in [0.05, 0.1) is 17.9 Å². The molecule has 9 heteroatoms. The number of fused-ring (bicyclic) bond motifs is 5. The Bertz CT molecular complexity index is 1270. The fourth-order valence-corrected chi connectivity index (χ4v) is 4.41. The number of aliphatic imine (C=N–C) groups is 1. The molecule has 2 aliphatic rings. The van der Waals surface area contributed by atoms with Gasteiger partial charge >= 0.3 is 0 Å². The first-order chi connectivity index (χ1) is 16.0. The number of nitrogens with zero attached hydrogens (tertiary/aromatic N) is 5. The molecule has 5 rings (SSSR count). The lowest BCUT2D eigenvalue weighted by Gasteiger charge is -2.25. The first-order valence-electron chi connectivity index (χ1n) is 11.1. The van der Waals surface area contributed by atoms with E-state index in [2.05, 4.69) is 16.5 Å². The molecule has 4 heterocycles. The highest BCUT2D eigenvalue weighted by Crippen LogP contribution is 2.32. The van der Waals surface area contributed by atoms with E-state index in [1.54, 1.807) is 16.8 Å². The maximum Gasteiger partial charge on any atom is 0.223 e.